The monoisotopic (exact) mass is 566 g/mol. The largest absolute Gasteiger partial charge is 0.464 e. The highest BCUT2D eigenvalue weighted by molar-refractivity contribution is 5.98. The number of rotatable bonds is 7. The zero-order chi connectivity index (χ0) is 29.3. The van der Waals surface area contributed by atoms with Crippen LogP contribution in [0.4, 0.5) is 0 Å². The highest BCUT2D eigenvalue weighted by atomic mass is 16.3. The predicted molar refractivity (Wildman–Crippen MR) is 181 cm³/mol. The number of fused-ring (bicyclic) bond motifs is 2. The molecule has 8 aromatic rings. The topological polar surface area (TPSA) is 31.0 Å². The van der Waals surface area contributed by atoms with Crippen LogP contribution in [0, 0.1) is 0 Å². The third-order valence-corrected chi connectivity index (χ3v) is 8.41. The van der Waals surface area contributed by atoms with Gasteiger partial charge in [-0.3, -0.25) is 4.57 Å². The van der Waals surface area contributed by atoms with Crippen molar-refractivity contribution in [3.05, 3.63) is 169 Å². The minimum Gasteiger partial charge on any atom is -0.464 e. The number of hydrogen-bond donors (Lipinski definition) is 0. The van der Waals surface area contributed by atoms with Gasteiger partial charge in [-0.25, -0.2) is 4.98 Å². The zero-order valence-electron chi connectivity index (χ0n) is 24.2. The van der Waals surface area contributed by atoms with Gasteiger partial charge in [0.1, 0.15) is 17.7 Å². The Kier molecular flexibility index (Phi) is 6.62. The third-order valence-electron chi connectivity index (χ3n) is 8.41. The van der Waals surface area contributed by atoms with Gasteiger partial charge in [0.15, 0.2) is 0 Å². The lowest BCUT2D eigenvalue weighted by atomic mass is 9.95. The van der Waals surface area contributed by atoms with Gasteiger partial charge >= 0.3 is 0 Å². The van der Waals surface area contributed by atoms with Gasteiger partial charge in [-0.05, 0) is 59.4 Å². The fourth-order valence-electron chi connectivity index (χ4n) is 6.26. The third kappa shape index (κ3) is 4.69. The molecule has 0 N–H and O–H groups in total. The number of benzene rings is 6. The highest BCUT2D eigenvalue weighted by Gasteiger charge is 2.23. The minimum absolute atomic E-state index is 0.863. The van der Waals surface area contributed by atoms with Crippen molar-refractivity contribution in [2.75, 3.05) is 0 Å². The van der Waals surface area contributed by atoms with Gasteiger partial charge in [-0.15, -0.1) is 0 Å². The molecule has 0 saturated carbocycles. The number of furan rings is 1. The van der Waals surface area contributed by atoms with Gasteiger partial charge in [0.05, 0.1) is 22.3 Å². The maximum absolute atomic E-state index is 6.18. The van der Waals surface area contributed by atoms with Crippen LogP contribution in [0.5, 0.6) is 0 Å². The van der Waals surface area contributed by atoms with E-state index in [1.165, 1.54) is 11.1 Å². The predicted octanol–water partition coefficient (Wildman–Crippen LogP) is 10.6. The van der Waals surface area contributed by atoms with E-state index >= 15 is 0 Å². The van der Waals surface area contributed by atoms with Crippen molar-refractivity contribution < 1.29 is 4.42 Å². The van der Waals surface area contributed by atoms with E-state index in [1.807, 2.05) is 6.26 Å². The molecule has 0 radical (unpaired) electrons. The van der Waals surface area contributed by atoms with Crippen LogP contribution in [-0.2, 0) is 12.8 Å². The standard InChI is InChI=1S/C41H30N2O/c1-4-13-29(14-5-1)23-24-30-25-26-39-35(27-30)36(28-44-39)41-42-37-21-10-11-22-38(37)43(41)40-33(31-15-6-2-7-16-31)19-12-20-34(40)32-17-8-3-9-18-32/h1-22,25-28H,23-24H2. The van der Waals surface area contributed by atoms with Crippen LogP contribution >= 0.6 is 0 Å². The van der Waals surface area contributed by atoms with Crippen LogP contribution in [0.1, 0.15) is 11.1 Å². The van der Waals surface area contributed by atoms with Crippen LogP contribution in [0.25, 0.3) is 61.3 Å². The van der Waals surface area contributed by atoms with Crippen LogP contribution in [0.3, 0.4) is 0 Å². The van der Waals surface area contributed by atoms with Crippen LogP contribution < -0.4 is 0 Å². The lowest BCUT2D eigenvalue weighted by molar-refractivity contribution is 0.616. The molecule has 3 heteroatoms. The van der Waals surface area contributed by atoms with Crippen molar-refractivity contribution in [3.8, 4) is 39.3 Å². The molecular weight excluding hydrogens is 536 g/mol. The van der Waals surface area contributed by atoms with Gasteiger partial charge in [0.25, 0.3) is 0 Å². The SMILES string of the molecule is c1ccc(CCc2ccc3occ(-c4nc5ccccc5n4-c4c(-c5ccccc5)cccc4-c4ccccc4)c3c2)cc1. The average molecular weight is 567 g/mol. The number of para-hydroxylation sites is 3. The normalized spacial score (nSPS) is 11.4. The molecule has 0 aliphatic heterocycles. The Morgan fingerprint density at radius 2 is 1.14 bits per heavy atom. The molecule has 0 amide bonds. The van der Waals surface area contributed by atoms with Crippen LogP contribution in [-0.4, -0.2) is 9.55 Å². The van der Waals surface area contributed by atoms with E-state index in [-0.39, 0.29) is 0 Å². The molecule has 0 aliphatic carbocycles. The van der Waals surface area contributed by atoms with Crippen LogP contribution in [0.2, 0.25) is 0 Å². The van der Waals surface area contributed by atoms with E-state index in [0.717, 1.165) is 74.2 Å². The summed E-state index contributed by atoms with van der Waals surface area (Å²) in [7, 11) is 0. The van der Waals surface area contributed by atoms with E-state index in [4.69, 9.17) is 9.40 Å². The summed E-state index contributed by atoms with van der Waals surface area (Å²) in [5, 5.41) is 1.07. The minimum atomic E-state index is 0.863. The summed E-state index contributed by atoms with van der Waals surface area (Å²) in [5.41, 5.74) is 12.2. The molecule has 44 heavy (non-hydrogen) atoms. The molecule has 0 bridgehead atoms. The molecule has 0 atom stereocenters. The second-order valence-electron chi connectivity index (χ2n) is 11.2. The molecule has 0 aliphatic rings. The molecule has 8 rings (SSSR count). The Labute approximate surface area is 256 Å². The van der Waals surface area contributed by atoms with Gasteiger partial charge in [0, 0.05) is 16.5 Å². The van der Waals surface area contributed by atoms with E-state index in [9.17, 15) is 0 Å². The summed E-state index contributed by atoms with van der Waals surface area (Å²) in [4.78, 5) is 5.28. The zero-order valence-corrected chi connectivity index (χ0v) is 24.2. The number of hydrogen-bond acceptors (Lipinski definition) is 2. The molecule has 3 nitrogen and oxygen atoms in total. The van der Waals surface area contributed by atoms with Gasteiger partial charge in [-0.2, -0.15) is 0 Å². The molecule has 0 spiro atoms. The maximum atomic E-state index is 6.18. The van der Waals surface area contributed by atoms with Gasteiger partial charge in [0.2, 0.25) is 0 Å². The van der Waals surface area contributed by atoms with Crippen molar-refractivity contribution >= 4 is 22.0 Å². The fourth-order valence-corrected chi connectivity index (χ4v) is 6.26. The first-order valence-electron chi connectivity index (χ1n) is 15.1. The number of imidazole rings is 1. The van der Waals surface area contributed by atoms with Crippen molar-refractivity contribution in [3.63, 3.8) is 0 Å². The average Bonchev–Trinajstić information content (AvgIpc) is 3.69. The van der Waals surface area contributed by atoms with Crippen molar-refractivity contribution in [2.45, 2.75) is 12.8 Å². The number of aryl methyl sites for hydroxylation is 2. The Balaban J connectivity index is 1.37. The van der Waals surface area contributed by atoms with E-state index in [1.54, 1.807) is 0 Å². The van der Waals surface area contributed by atoms with Crippen molar-refractivity contribution in [1.29, 1.82) is 0 Å². The van der Waals surface area contributed by atoms with E-state index < -0.39 is 0 Å². The van der Waals surface area contributed by atoms with Crippen molar-refractivity contribution in [2.24, 2.45) is 0 Å². The summed E-state index contributed by atoms with van der Waals surface area (Å²) in [6.07, 6.45) is 3.82. The Bertz CT molecular complexity index is 2150. The van der Waals surface area contributed by atoms with E-state index in [2.05, 4.69) is 156 Å². The molecule has 210 valence electrons. The maximum Gasteiger partial charge on any atom is 0.149 e. The number of aromatic nitrogens is 2. The summed E-state index contributed by atoms with van der Waals surface area (Å²) < 4.78 is 8.52. The second-order valence-corrected chi connectivity index (χ2v) is 11.2. The molecule has 0 unspecified atom stereocenters. The summed E-state index contributed by atoms with van der Waals surface area (Å²) >= 11 is 0. The molecule has 2 aromatic heterocycles. The van der Waals surface area contributed by atoms with E-state index in [0.29, 0.717) is 0 Å². The molecule has 0 saturated heterocycles. The lowest BCUT2D eigenvalue weighted by Gasteiger charge is -2.19. The Morgan fingerprint density at radius 3 is 1.84 bits per heavy atom. The summed E-state index contributed by atoms with van der Waals surface area (Å²) in [6, 6.07) is 53.4. The molecular formula is C41H30N2O. The lowest BCUT2D eigenvalue weighted by Crippen LogP contribution is -2.03. The Hall–Kier alpha value is -5.67. The highest BCUT2D eigenvalue weighted by Crippen LogP contribution is 2.41. The molecule has 2 heterocycles. The molecule has 6 aromatic carbocycles. The first-order valence-corrected chi connectivity index (χ1v) is 15.1. The fraction of sp³-hybridized carbons (Fsp3) is 0.0488. The first-order chi connectivity index (χ1) is 21.8. The summed E-state index contributed by atoms with van der Waals surface area (Å²) in [5.74, 6) is 0.866. The van der Waals surface area contributed by atoms with Gasteiger partial charge in [-0.1, -0.05) is 127 Å². The number of nitrogens with zero attached hydrogens (tertiary/aromatic N) is 2. The Morgan fingerprint density at radius 1 is 0.523 bits per heavy atom. The van der Waals surface area contributed by atoms with Gasteiger partial charge < -0.3 is 4.42 Å². The van der Waals surface area contributed by atoms with Crippen molar-refractivity contribution in [1.82, 2.24) is 9.55 Å². The smallest absolute Gasteiger partial charge is 0.149 e. The second kappa shape index (κ2) is 11.2. The molecule has 0 fully saturated rings. The quantitative estimate of drug-likeness (QED) is 0.192. The van der Waals surface area contributed by atoms with Crippen LogP contribution in [0.15, 0.2) is 162 Å². The summed E-state index contributed by atoms with van der Waals surface area (Å²) in [6.45, 7) is 0. The first kappa shape index (κ1) is 26.0.